The van der Waals surface area contributed by atoms with Crippen molar-refractivity contribution in [2.24, 2.45) is 22.7 Å². The molecule has 61 heavy (non-hydrogen) atoms. The van der Waals surface area contributed by atoms with E-state index in [1.54, 1.807) is 18.3 Å². The van der Waals surface area contributed by atoms with Crippen LogP contribution in [-0.2, 0) is 9.53 Å². The molecule has 0 spiro atoms. The Morgan fingerprint density at radius 3 is 1.82 bits per heavy atom. The first-order chi connectivity index (χ1) is 29.6. The van der Waals surface area contributed by atoms with Crippen LogP contribution in [0.25, 0.3) is 34.0 Å². The molecule has 1 aliphatic heterocycles. The number of aliphatic imine (C=N–C) groups is 1. The Kier molecular flexibility index (Phi) is 11.7. The van der Waals surface area contributed by atoms with Gasteiger partial charge < -0.3 is 20.4 Å². The topological polar surface area (TPSA) is 126 Å². The lowest BCUT2D eigenvalue weighted by molar-refractivity contribution is -0.152. The lowest BCUT2D eigenvalue weighted by Crippen LogP contribution is -2.40. The minimum atomic E-state index is -0.556. The van der Waals surface area contributed by atoms with Gasteiger partial charge in [0.05, 0.1) is 22.6 Å². The van der Waals surface area contributed by atoms with Gasteiger partial charge in [-0.05, 0) is 97.0 Å². The molecular weight excluding hydrogens is 759 g/mol. The van der Waals surface area contributed by atoms with Crippen molar-refractivity contribution in [2.45, 2.75) is 53.6 Å². The Morgan fingerprint density at radius 1 is 0.672 bits per heavy atom. The zero-order valence-electron chi connectivity index (χ0n) is 35.0. The second-order valence-corrected chi connectivity index (χ2v) is 16.3. The third-order valence-corrected chi connectivity index (χ3v) is 11.7. The van der Waals surface area contributed by atoms with E-state index in [1.807, 2.05) is 135 Å². The highest BCUT2D eigenvalue weighted by atomic mass is 16.5. The van der Waals surface area contributed by atoms with Crippen molar-refractivity contribution < 1.29 is 19.1 Å². The van der Waals surface area contributed by atoms with E-state index in [0.29, 0.717) is 56.6 Å². The van der Waals surface area contributed by atoms with Crippen molar-refractivity contribution in [3.05, 3.63) is 178 Å². The maximum atomic E-state index is 14.9. The number of H-pyrrole nitrogens is 1. The van der Waals surface area contributed by atoms with E-state index in [-0.39, 0.29) is 35.3 Å². The van der Waals surface area contributed by atoms with Gasteiger partial charge in [-0.3, -0.25) is 14.6 Å². The predicted octanol–water partition coefficient (Wildman–Crippen LogP) is 10.9. The van der Waals surface area contributed by atoms with Gasteiger partial charge in [0.15, 0.2) is 0 Å². The van der Waals surface area contributed by atoms with E-state index in [9.17, 15) is 14.4 Å². The summed E-state index contributed by atoms with van der Waals surface area (Å²) >= 11 is 0. The molecule has 1 saturated carbocycles. The van der Waals surface area contributed by atoms with Gasteiger partial charge >= 0.3 is 5.97 Å². The summed E-state index contributed by atoms with van der Waals surface area (Å²) in [5.41, 5.74) is 7.95. The van der Waals surface area contributed by atoms with Crippen LogP contribution < -0.4 is 10.6 Å². The minimum absolute atomic E-state index is 0.0960. The second-order valence-electron chi connectivity index (χ2n) is 16.3. The van der Waals surface area contributed by atoms with Crippen molar-refractivity contribution in [3.8, 4) is 22.4 Å². The number of rotatable bonds is 9. The smallest absolute Gasteiger partial charge is 0.342 e. The number of amidine groups is 1. The summed E-state index contributed by atoms with van der Waals surface area (Å²) in [6.07, 6.45) is 5.16. The second kappa shape index (κ2) is 17.6. The zero-order chi connectivity index (χ0) is 42.6. The molecule has 2 unspecified atom stereocenters. The summed E-state index contributed by atoms with van der Waals surface area (Å²) in [5.74, 6) is 0.108. The molecule has 4 aromatic carbocycles. The quantitative estimate of drug-likeness (QED) is 0.125. The van der Waals surface area contributed by atoms with Gasteiger partial charge in [-0.2, -0.15) is 0 Å². The molecule has 9 heteroatoms. The molecule has 0 radical (unpaired) electrons. The van der Waals surface area contributed by atoms with Crippen molar-refractivity contribution in [3.63, 3.8) is 0 Å². The standard InChI is InChI=1S/C52H49N5O4/c1-31-28-34(4)47(35(5)29-31)61-52(60)46-44(37-22-10-7-11-23-37)42(55-49(46)57-51(59)39-25-15-13-19-33(39)3)30-41-43(36-20-8-6-9-21-36)45(40-26-16-17-27-53-40)48(54-41)56-50(58)38-24-14-12-18-32(38)2/h6-27,30-31,34-35,47,54H,28-29H2,1-5H3,(H,56,58)(H,55,57,59). The number of hydrogen-bond acceptors (Lipinski definition) is 6. The van der Waals surface area contributed by atoms with E-state index in [4.69, 9.17) is 14.7 Å². The fourth-order valence-corrected chi connectivity index (χ4v) is 8.92. The number of pyridine rings is 1. The van der Waals surface area contributed by atoms with E-state index >= 15 is 0 Å². The van der Waals surface area contributed by atoms with Gasteiger partial charge in [0, 0.05) is 28.5 Å². The highest BCUT2D eigenvalue weighted by Gasteiger charge is 2.39. The summed E-state index contributed by atoms with van der Waals surface area (Å²) in [5, 5.41) is 6.19. The molecule has 306 valence electrons. The van der Waals surface area contributed by atoms with Gasteiger partial charge in [0.1, 0.15) is 23.3 Å². The molecule has 3 N–H and O–H groups in total. The minimum Gasteiger partial charge on any atom is -0.458 e. The summed E-state index contributed by atoms with van der Waals surface area (Å²) < 4.78 is 6.49. The Bertz CT molecular complexity index is 2690. The van der Waals surface area contributed by atoms with Crippen LogP contribution >= 0.6 is 0 Å². The molecule has 3 heterocycles. The number of ether oxygens (including phenoxy) is 1. The number of nitrogens with zero attached hydrogens (tertiary/aromatic N) is 2. The SMILES string of the molecule is Cc1ccccc1C(=O)NC1=NC(=Cc2[nH]c(NC(=O)c3ccccc3C)c(-c3ccccn3)c2-c2ccccc2)C(c2ccccc2)=C1C(=O)OC1C(C)CC(C)CC1C. The number of aromatic amines is 1. The van der Waals surface area contributed by atoms with Gasteiger partial charge in [-0.15, -0.1) is 0 Å². The maximum Gasteiger partial charge on any atom is 0.342 e. The number of benzene rings is 4. The molecule has 2 aromatic heterocycles. The average molecular weight is 808 g/mol. The van der Waals surface area contributed by atoms with E-state index in [0.717, 1.165) is 35.1 Å². The zero-order valence-corrected chi connectivity index (χ0v) is 35.0. The number of amides is 2. The third kappa shape index (κ3) is 8.50. The number of esters is 1. The van der Waals surface area contributed by atoms with Crippen LogP contribution in [0.4, 0.5) is 5.82 Å². The molecule has 1 aliphatic carbocycles. The van der Waals surface area contributed by atoms with Crippen LogP contribution in [-0.4, -0.2) is 39.7 Å². The van der Waals surface area contributed by atoms with Crippen LogP contribution in [0.5, 0.6) is 0 Å². The van der Waals surface area contributed by atoms with Crippen molar-refractivity contribution >= 4 is 41.1 Å². The van der Waals surface area contributed by atoms with Gasteiger partial charge in [-0.25, -0.2) is 9.79 Å². The monoisotopic (exact) mass is 807 g/mol. The molecule has 0 saturated heterocycles. The lowest BCUT2D eigenvalue weighted by atomic mass is 9.75. The molecule has 1 fully saturated rings. The van der Waals surface area contributed by atoms with Gasteiger partial charge in [0.2, 0.25) is 0 Å². The molecule has 2 aliphatic rings. The van der Waals surface area contributed by atoms with Crippen molar-refractivity contribution in [1.29, 1.82) is 0 Å². The first-order valence-electron chi connectivity index (χ1n) is 20.9. The number of aromatic nitrogens is 2. The molecule has 2 amide bonds. The van der Waals surface area contributed by atoms with E-state index in [1.165, 1.54) is 0 Å². The Balaban J connectivity index is 1.35. The number of anilines is 1. The fourth-order valence-electron chi connectivity index (χ4n) is 8.92. The number of carbonyl (C=O) groups is 3. The number of aryl methyl sites for hydroxylation is 2. The summed E-state index contributed by atoms with van der Waals surface area (Å²) in [4.78, 5) is 56.3. The molecule has 2 atom stereocenters. The van der Waals surface area contributed by atoms with E-state index in [2.05, 4.69) is 36.4 Å². The highest BCUT2D eigenvalue weighted by Crippen LogP contribution is 2.44. The molecule has 8 rings (SSSR count). The van der Waals surface area contributed by atoms with Crippen molar-refractivity contribution in [2.75, 3.05) is 5.32 Å². The Hall–Kier alpha value is -7.13. The fraction of sp³-hybridized carbons (Fsp3) is 0.212. The van der Waals surface area contributed by atoms with Crippen LogP contribution in [0, 0.1) is 31.6 Å². The largest absolute Gasteiger partial charge is 0.458 e. The van der Waals surface area contributed by atoms with Crippen LogP contribution in [0.1, 0.15) is 76.7 Å². The highest BCUT2D eigenvalue weighted by molar-refractivity contribution is 6.32. The molecule has 0 bridgehead atoms. The number of hydrogen-bond donors (Lipinski definition) is 3. The summed E-state index contributed by atoms with van der Waals surface area (Å²) in [6, 6.07) is 39.8. The first-order valence-corrected chi connectivity index (χ1v) is 20.9. The molecule has 9 nitrogen and oxygen atoms in total. The van der Waals surface area contributed by atoms with Gasteiger partial charge in [0.25, 0.3) is 11.8 Å². The summed E-state index contributed by atoms with van der Waals surface area (Å²) in [7, 11) is 0. The lowest BCUT2D eigenvalue weighted by Gasteiger charge is -2.37. The van der Waals surface area contributed by atoms with Crippen LogP contribution in [0.2, 0.25) is 0 Å². The number of carbonyl (C=O) groups excluding carboxylic acids is 3. The van der Waals surface area contributed by atoms with E-state index < -0.39 is 11.9 Å². The molecular formula is C52H49N5O4. The third-order valence-electron chi connectivity index (χ3n) is 11.7. The van der Waals surface area contributed by atoms with Crippen LogP contribution in [0.3, 0.4) is 0 Å². The van der Waals surface area contributed by atoms with Gasteiger partial charge in [-0.1, -0.05) is 124 Å². The average Bonchev–Trinajstić information content (AvgIpc) is 3.80. The van der Waals surface area contributed by atoms with Crippen LogP contribution in [0.15, 0.2) is 150 Å². The number of nitrogens with one attached hydrogen (secondary N) is 3. The Labute approximate surface area is 356 Å². The van der Waals surface area contributed by atoms with Crippen molar-refractivity contribution in [1.82, 2.24) is 15.3 Å². The normalized spacial score (nSPS) is 19.4. The Morgan fingerprint density at radius 2 is 1.23 bits per heavy atom. The maximum absolute atomic E-state index is 14.9. The molecule has 6 aromatic rings. The first kappa shape index (κ1) is 40.6. The predicted molar refractivity (Wildman–Crippen MR) is 243 cm³/mol. The number of allylic oxidation sites excluding steroid dienone is 1. The summed E-state index contributed by atoms with van der Waals surface area (Å²) in [6.45, 7) is 10.3.